The zero-order chi connectivity index (χ0) is 12.1. The van der Waals surface area contributed by atoms with Crippen molar-refractivity contribution in [3.05, 3.63) is 0 Å². The molecule has 17 heavy (non-hydrogen) atoms. The van der Waals surface area contributed by atoms with Crippen molar-refractivity contribution in [2.75, 3.05) is 6.61 Å². The highest BCUT2D eigenvalue weighted by molar-refractivity contribution is 5.83. The molecule has 0 aromatic heterocycles. The molecular formula is C14H23NO2. The smallest absolute Gasteiger partial charge is 0.228 e. The van der Waals surface area contributed by atoms with E-state index in [-0.39, 0.29) is 17.2 Å². The molecule has 1 saturated carbocycles. The second kappa shape index (κ2) is 3.71. The predicted molar refractivity (Wildman–Crippen MR) is 65.4 cm³/mol. The summed E-state index contributed by atoms with van der Waals surface area (Å²) in [6.07, 6.45) is 7.83. The van der Waals surface area contributed by atoms with Crippen molar-refractivity contribution in [2.24, 2.45) is 5.92 Å². The fraction of sp³-hybridized carbons (Fsp3) is 0.929. The largest absolute Gasteiger partial charge is 0.353 e. The summed E-state index contributed by atoms with van der Waals surface area (Å²) in [7, 11) is 0. The van der Waals surface area contributed by atoms with E-state index in [1.807, 2.05) is 0 Å². The molecule has 3 heteroatoms. The van der Waals surface area contributed by atoms with E-state index in [4.69, 9.17) is 4.74 Å². The normalized spacial score (nSPS) is 40.0. The van der Waals surface area contributed by atoms with Crippen molar-refractivity contribution in [1.82, 2.24) is 4.90 Å². The van der Waals surface area contributed by atoms with Crippen LogP contribution in [-0.4, -0.2) is 28.7 Å². The van der Waals surface area contributed by atoms with Crippen LogP contribution in [0.4, 0.5) is 0 Å². The van der Waals surface area contributed by atoms with Crippen LogP contribution in [0.5, 0.6) is 0 Å². The van der Waals surface area contributed by atoms with Gasteiger partial charge in [-0.2, -0.15) is 0 Å². The van der Waals surface area contributed by atoms with Gasteiger partial charge in [-0.1, -0.05) is 20.3 Å². The Hall–Kier alpha value is -0.570. The maximum absolute atomic E-state index is 12.5. The SMILES string of the molecule is CC[C@@]12COC3(CCCCC3)N1C(=O)[C@H](C)C2. The van der Waals surface area contributed by atoms with Crippen molar-refractivity contribution in [1.29, 1.82) is 0 Å². The number of amides is 1. The molecule has 2 atom stereocenters. The highest BCUT2D eigenvalue weighted by Crippen LogP contribution is 2.52. The van der Waals surface area contributed by atoms with E-state index in [0.29, 0.717) is 5.91 Å². The molecule has 3 rings (SSSR count). The van der Waals surface area contributed by atoms with Crippen molar-refractivity contribution >= 4 is 5.91 Å². The molecule has 0 N–H and O–H groups in total. The van der Waals surface area contributed by atoms with Gasteiger partial charge in [-0.05, 0) is 38.5 Å². The monoisotopic (exact) mass is 237 g/mol. The standard InChI is InChI=1S/C14H23NO2/c1-3-13-9-11(2)12(16)15(13)14(17-10-13)7-5-4-6-8-14/h11H,3-10H2,1-2H3/t11-,13-/m1/s1. The van der Waals surface area contributed by atoms with Gasteiger partial charge in [0.15, 0.2) is 0 Å². The molecule has 2 aliphatic heterocycles. The van der Waals surface area contributed by atoms with E-state index < -0.39 is 0 Å². The van der Waals surface area contributed by atoms with Gasteiger partial charge in [-0.3, -0.25) is 4.79 Å². The molecule has 0 bridgehead atoms. The number of hydrogen-bond acceptors (Lipinski definition) is 2. The predicted octanol–water partition coefficient (Wildman–Crippen LogP) is 2.69. The fourth-order valence-corrected chi connectivity index (χ4v) is 4.17. The van der Waals surface area contributed by atoms with Gasteiger partial charge in [0, 0.05) is 5.92 Å². The first-order valence-corrected chi connectivity index (χ1v) is 7.12. The molecule has 96 valence electrons. The summed E-state index contributed by atoms with van der Waals surface area (Å²) in [6.45, 7) is 5.04. The third-order valence-corrected chi connectivity index (χ3v) is 5.11. The van der Waals surface area contributed by atoms with Crippen LogP contribution >= 0.6 is 0 Å². The number of nitrogens with zero attached hydrogens (tertiary/aromatic N) is 1. The van der Waals surface area contributed by atoms with Gasteiger partial charge >= 0.3 is 0 Å². The van der Waals surface area contributed by atoms with E-state index in [1.165, 1.54) is 19.3 Å². The second-order valence-corrected chi connectivity index (χ2v) is 6.15. The number of carbonyl (C=O) groups excluding carboxylic acids is 1. The summed E-state index contributed by atoms with van der Waals surface area (Å²) in [6, 6.07) is 0. The van der Waals surface area contributed by atoms with Crippen LogP contribution < -0.4 is 0 Å². The number of hydrogen-bond donors (Lipinski definition) is 0. The molecule has 0 radical (unpaired) electrons. The van der Waals surface area contributed by atoms with Gasteiger partial charge < -0.3 is 9.64 Å². The van der Waals surface area contributed by atoms with Crippen LogP contribution in [-0.2, 0) is 9.53 Å². The summed E-state index contributed by atoms with van der Waals surface area (Å²) in [4.78, 5) is 14.6. The Kier molecular flexibility index (Phi) is 2.51. The molecular weight excluding hydrogens is 214 g/mol. The van der Waals surface area contributed by atoms with Crippen LogP contribution in [0.2, 0.25) is 0 Å². The van der Waals surface area contributed by atoms with Gasteiger partial charge in [0.1, 0.15) is 5.72 Å². The Morgan fingerprint density at radius 1 is 1.35 bits per heavy atom. The molecule has 1 amide bonds. The number of rotatable bonds is 1. The van der Waals surface area contributed by atoms with Crippen LogP contribution in [0, 0.1) is 5.92 Å². The minimum Gasteiger partial charge on any atom is -0.353 e. The molecule has 3 nitrogen and oxygen atoms in total. The first kappa shape index (κ1) is 11.5. The molecule has 3 fully saturated rings. The van der Waals surface area contributed by atoms with Crippen molar-refractivity contribution in [3.8, 4) is 0 Å². The van der Waals surface area contributed by atoms with Gasteiger partial charge in [-0.15, -0.1) is 0 Å². The molecule has 0 aromatic rings. The molecule has 2 heterocycles. The summed E-state index contributed by atoms with van der Waals surface area (Å²) >= 11 is 0. The lowest BCUT2D eigenvalue weighted by atomic mass is 9.87. The zero-order valence-electron chi connectivity index (χ0n) is 11.0. The average Bonchev–Trinajstić information content (AvgIpc) is 2.78. The lowest BCUT2D eigenvalue weighted by Crippen LogP contribution is -2.54. The zero-order valence-corrected chi connectivity index (χ0v) is 11.0. The number of fused-ring (bicyclic) bond motifs is 2. The van der Waals surface area contributed by atoms with Gasteiger partial charge in [0.25, 0.3) is 0 Å². The van der Waals surface area contributed by atoms with Gasteiger partial charge in [-0.25, -0.2) is 0 Å². The quantitative estimate of drug-likeness (QED) is 0.701. The van der Waals surface area contributed by atoms with Gasteiger partial charge in [0.2, 0.25) is 5.91 Å². The van der Waals surface area contributed by atoms with Crippen molar-refractivity contribution in [2.45, 2.75) is 70.1 Å². The summed E-state index contributed by atoms with van der Waals surface area (Å²) in [5, 5.41) is 0. The van der Waals surface area contributed by atoms with Crippen molar-refractivity contribution in [3.63, 3.8) is 0 Å². The van der Waals surface area contributed by atoms with Crippen LogP contribution in [0.15, 0.2) is 0 Å². The molecule has 1 aliphatic carbocycles. The van der Waals surface area contributed by atoms with E-state index in [9.17, 15) is 4.79 Å². The van der Waals surface area contributed by atoms with E-state index >= 15 is 0 Å². The minimum absolute atomic E-state index is 0.0217. The topological polar surface area (TPSA) is 29.5 Å². The van der Waals surface area contributed by atoms with Gasteiger partial charge in [0.05, 0.1) is 12.1 Å². The molecule has 1 spiro atoms. The Labute approximate surface area is 104 Å². The minimum atomic E-state index is -0.226. The van der Waals surface area contributed by atoms with Crippen molar-refractivity contribution < 1.29 is 9.53 Å². The van der Waals surface area contributed by atoms with Crippen LogP contribution in [0.25, 0.3) is 0 Å². The molecule has 0 unspecified atom stereocenters. The third kappa shape index (κ3) is 1.41. The Bertz CT molecular complexity index is 335. The summed E-state index contributed by atoms with van der Waals surface area (Å²) in [5.41, 5.74) is -0.204. The van der Waals surface area contributed by atoms with Crippen LogP contribution in [0.1, 0.15) is 58.8 Å². The fourth-order valence-electron chi connectivity index (χ4n) is 4.17. The second-order valence-electron chi connectivity index (χ2n) is 6.15. The molecule has 3 aliphatic rings. The molecule has 0 aromatic carbocycles. The number of carbonyl (C=O) groups is 1. The Balaban J connectivity index is 1.97. The summed E-state index contributed by atoms with van der Waals surface area (Å²) in [5.74, 6) is 0.531. The lowest BCUT2D eigenvalue weighted by Gasteiger charge is -2.42. The van der Waals surface area contributed by atoms with E-state index in [0.717, 1.165) is 32.3 Å². The highest BCUT2D eigenvalue weighted by Gasteiger charge is 2.62. The first-order valence-electron chi connectivity index (χ1n) is 7.12. The first-order chi connectivity index (χ1) is 8.14. The van der Waals surface area contributed by atoms with Crippen LogP contribution in [0.3, 0.4) is 0 Å². The Morgan fingerprint density at radius 3 is 2.71 bits per heavy atom. The molecule has 2 saturated heterocycles. The maximum Gasteiger partial charge on any atom is 0.228 e. The average molecular weight is 237 g/mol. The lowest BCUT2D eigenvalue weighted by molar-refractivity contribution is -0.157. The Morgan fingerprint density at radius 2 is 2.06 bits per heavy atom. The van der Waals surface area contributed by atoms with E-state index in [2.05, 4.69) is 18.7 Å². The third-order valence-electron chi connectivity index (χ3n) is 5.11. The van der Waals surface area contributed by atoms with E-state index in [1.54, 1.807) is 0 Å². The maximum atomic E-state index is 12.5. The summed E-state index contributed by atoms with van der Waals surface area (Å²) < 4.78 is 6.17. The highest BCUT2D eigenvalue weighted by atomic mass is 16.5. The number of ether oxygens (including phenoxy) is 1.